The molecule has 0 amide bonds. The largest absolute Gasteiger partial charge is 0.504 e. The molecule has 25 heavy (non-hydrogen) atoms. The average molecular weight is 369 g/mol. The van der Waals surface area contributed by atoms with Gasteiger partial charge in [0.25, 0.3) is 0 Å². The smallest absolute Gasteiger partial charge is 0.394 e. The van der Waals surface area contributed by atoms with Crippen molar-refractivity contribution in [1.82, 2.24) is 4.90 Å². The van der Waals surface area contributed by atoms with E-state index in [1.807, 2.05) is 6.07 Å². The number of likely N-dealkylation sites (tertiary alicyclic amines) is 1. The lowest BCUT2D eigenvalue weighted by Gasteiger charge is -2.57. The van der Waals surface area contributed by atoms with Crippen LogP contribution in [0.1, 0.15) is 36.8 Å². The lowest BCUT2D eigenvalue weighted by molar-refractivity contribution is -0.0426. The zero-order valence-electron chi connectivity index (χ0n) is 14.1. The summed E-state index contributed by atoms with van der Waals surface area (Å²) in [5, 5.41) is 10.2. The van der Waals surface area contributed by atoms with Gasteiger partial charge in [0.1, 0.15) is 6.10 Å². The quantitative estimate of drug-likeness (QED) is 0.599. The maximum Gasteiger partial charge on any atom is 0.394 e. The molecule has 2 aliphatic heterocycles. The van der Waals surface area contributed by atoms with Crippen LogP contribution in [-0.4, -0.2) is 53.3 Å². The third-order valence-electron chi connectivity index (χ3n) is 6.50. The van der Waals surface area contributed by atoms with Gasteiger partial charge in [-0.15, -0.1) is 0 Å². The van der Waals surface area contributed by atoms with Crippen LogP contribution in [-0.2, 0) is 22.2 Å². The van der Waals surface area contributed by atoms with Gasteiger partial charge in [-0.1, -0.05) is 6.07 Å². The summed E-state index contributed by atoms with van der Waals surface area (Å²) in [5.41, 5.74) is 3.02. The van der Waals surface area contributed by atoms with Gasteiger partial charge in [0.2, 0.25) is 0 Å². The summed E-state index contributed by atoms with van der Waals surface area (Å²) in [6.45, 7) is 1.16. The number of hydrogen-bond acceptors (Lipinski definition) is 5. The second-order valence-corrected chi connectivity index (χ2v) is 8.48. The standard InChI is InChI=1S/C17H21NO2.H2O4S/c1-18-8-7-17-11-3-2-4-14(17)20-16-13(19)6-5-10(15(16)17)9-12(11)18;1-5(2,3)4/h5-6,11-12,14,19H,2-4,7-9H2,1H3;(H2,1,2,3,4)/t11-,12+,14-,17+;/m0./s1. The molecule has 4 atom stereocenters. The summed E-state index contributed by atoms with van der Waals surface area (Å²) in [6.07, 6.45) is 6.37. The van der Waals surface area contributed by atoms with E-state index >= 15 is 0 Å². The maximum absolute atomic E-state index is 10.2. The Morgan fingerprint density at radius 2 is 2.00 bits per heavy atom. The summed E-state index contributed by atoms with van der Waals surface area (Å²) >= 11 is 0. The summed E-state index contributed by atoms with van der Waals surface area (Å²) in [6, 6.07) is 4.63. The Balaban J connectivity index is 0.000000280. The normalized spacial score (nSPS) is 35.2. The number of piperidine rings is 1. The molecule has 8 heteroatoms. The number of phenols is 1. The van der Waals surface area contributed by atoms with Crippen molar-refractivity contribution < 1.29 is 27.4 Å². The first kappa shape index (κ1) is 17.1. The first-order chi connectivity index (χ1) is 11.7. The molecule has 2 heterocycles. The van der Waals surface area contributed by atoms with Crippen LogP contribution in [0.25, 0.3) is 0 Å². The van der Waals surface area contributed by atoms with E-state index < -0.39 is 10.4 Å². The topological polar surface area (TPSA) is 107 Å². The van der Waals surface area contributed by atoms with Crippen molar-refractivity contribution in [1.29, 1.82) is 0 Å². The molecule has 0 radical (unpaired) electrons. The number of rotatable bonds is 0. The second kappa shape index (κ2) is 5.57. The van der Waals surface area contributed by atoms with E-state index in [0.29, 0.717) is 17.9 Å². The minimum atomic E-state index is -4.67. The highest BCUT2D eigenvalue weighted by atomic mass is 32.3. The van der Waals surface area contributed by atoms with E-state index in [1.165, 1.54) is 30.4 Å². The van der Waals surface area contributed by atoms with Crippen molar-refractivity contribution in [2.24, 2.45) is 5.92 Å². The highest BCUT2D eigenvalue weighted by molar-refractivity contribution is 7.79. The molecule has 2 aliphatic carbocycles. The predicted molar refractivity (Wildman–Crippen MR) is 90.5 cm³/mol. The number of hydrogen-bond donors (Lipinski definition) is 3. The van der Waals surface area contributed by atoms with E-state index in [2.05, 4.69) is 18.0 Å². The molecule has 1 aromatic rings. The van der Waals surface area contributed by atoms with E-state index in [-0.39, 0.29) is 5.41 Å². The van der Waals surface area contributed by atoms with Crippen LogP contribution < -0.4 is 4.74 Å². The lowest BCUT2D eigenvalue weighted by atomic mass is 9.52. The van der Waals surface area contributed by atoms with Crippen LogP contribution in [0.5, 0.6) is 11.5 Å². The molecule has 1 saturated heterocycles. The number of likely N-dealkylation sites (N-methyl/N-ethyl adjacent to an activating group) is 1. The maximum atomic E-state index is 10.2. The number of nitrogens with zero attached hydrogens (tertiary/aromatic N) is 1. The number of ether oxygens (including phenoxy) is 1. The Morgan fingerprint density at radius 3 is 2.72 bits per heavy atom. The van der Waals surface area contributed by atoms with E-state index in [4.69, 9.17) is 22.3 Å². The fraction of sp³-hybridized carbons (Fsp3) is 0.647. The molecule has 2 bridgehead atoms. The predicted octanol–water partition coefficient (Wildman–Crippen LogP) is 1.80. The first-order valence-corrected chi connectivity index (χ1v) is 10.0. The summed E-state index contributed by atoms with van der Waals surface area (Å²) in [5.74, 6) is 1.89. The van der Waals surface area contributed by atoms with Gasteiger partial charge in [0.05, 0.1) is 0 Å². The Labute approximate surface area is 147 Å². The van der Waals surface area contributed by atoms with Crippen LogP contribution in [0, 0.1) is 5.92 Å². The summed E-state index contributed by atoms with van der Waals surface area (Å²) in [4.78, 5) is 2.56. The van der Waals surface area contributed by atoms with Crippen LogP contribution in [0.15, 0.2) is 12.1 Å². The van der Waals surface area contributed by atoms with Gasteiger partial charge in [0.15, 0.2) is 11.5 Å². The van der Waals surface area contributed by atoms with Gasteiger partial charge < -0.3 is 14.7 Å². The molecule has 1 saturated carbocycles. The molecule has 1 spiro atoms. The molecule has 7 nitrogen and oxygen atoms in total. The number of benzene rings is 1. The third-order valence-corrected chi connectivity index (χ3v) is 6.50. The van der Waals surface area contributed by atoms with Gasteiger partial charge in [-0.05, 0) is 63.2 Å². The Hall–Kier alpha value is -1.35. The van der Waals surface area contributed by atoms with Crippen molar-refractivity contribution >= 4 is 10.4 Å². The molecular weight excluding hydrogens is 346 g/mol. The highest BCUT2D eigenvalue weighted by Crippen LogP contribution is 2.63. The fourth-order valence-electron chi connectivity index (χ4n) is 5.71. The highest BCUT2D eigenvalue weighted by Gasteiger charge is 2.62. The van der Waals surface area contributed by atoms with Crippen molar-refractivity contribution in [3.8, 4) is 11.5 Å². The van der Waals surface area contributed by atoms with E-state index in [1.54, 1.807) is 0 Å². The van der Waals surface area contributed by atoms with Crippen LogP contribution in [0.3, 0.4) is 0 Å². The van der Waals surface area contributed by atoms with Crippen LogP contribution in [0.4, 0.5) is 0 Å². The molecule has 138 valence electrons. The lowest BCUT2D eigenvalue weighted by Crippen LogP contribution is -2.63. The summed E-state index contributed by atoms with van der Waals surface area (Å²) in [7, 11) is -2.39. The number of phenolic OH excluding ortho intramolecular Hbond substituents is 1. The Bertz CT molecular complexity index is 802. The Morgan fingerprint density at radius 1 is 1.28 bits per heavy atom. The van der Waals surface area contributed by atoms with Gasteiger partial charge in [0, 0.05) is 17.0 Å². The summed E-state index contributed by atoms with van der Waals surface area (Å²) < 4.78 is 37.9. The minimum absolute atomic E-state index is 0.205. The van der Waals surface area contributed by atoms with Crippen molar-refractivity contribution in [3.63, 3.8) is 0 Å². The van der Waals surface area contributed by atoms with Gasteiger partial charge in [-0.3, -0.25) is 9.11 Å². The molecule has 1 aromatic carbocycles. The molecule has 0 aromatic heterocycles. The zero-order valence-corrected chi connectivity index (χ0v) is 14.9. The van der Waals surface area contributed by atoms with Crippen molar-refractivity contribution in [2.75, 3.05) is 13.6 Å². The first-order valence-electron chi connectivity index (χ1n) is 8.64. The fourth-order valence-corrected chi connectivity index (χ4v) is 5.71. The SMILES string of the molecule is CN1CC[C@]23c4c5ccc(O)c4O[C@H]2CCC[C@H]3[C@H]1C5.O=S(=O)(O)O. The van der Waals surface area contributed by atoms with Crippen LogP contribution in [0.2, 0.25) is 0 Å². The van der Waals surface area contributed by atoms with E-state index in [9.17, 15) is 5.11 Å². The molecule has 3 N–H and O–H groups in total. The molecular formula is C17H23NO6S. The zero-order chi connectivity index (χ0) is 18.0. The van der Waals surface area contributed by atoms with Crippen LogP contribution >= 0.6 is 0 Å². The Kier molecular flexibility index (Phi) is 3.81. The minimum Gasteiger partial charge on any atom is -0.504 e. The second-order valence-electron chi connectivity index (χ2n) is 7.58. The third kappa shape index (κ3) is 2.54. The molecule has 2 fully saturated rings. The van der Waals surface area contributed by atoms with Crippen molar-refractivity contribution in [3.05, 3.63) is 23.3 Å². The van der Waals surface area contributed by atoms with E-state index in [0.717, 1.165) is 31.1 Å². The van der Waals surface area contributed by atoms with Gasteiger partial charge >= 0.3 is 10.4 Å². The molecule has 5 rings (SSSR count). The van der Waals surface area contributed by atoms with Crippen molar-refractivity contribution in [2.45, 2.75) is 49.7 Å². The monoisotopic (exact) mass is 369 g/mol. The van der Waals surface area contributed by atoms with Gasteiger partial charge in [-0.2, -0.15) is 8.42 Å². The molecule has 0 unspecified atom stereocenters. The molecule has 4 aliphatic rings. The van der Waals surface area contributed by atoms with Gasteiger partial charge in [-0.25, -0.2) is 0 Å². The number of aromatic hydroxyl groups is 1. The average Bonchev–Trinajstić information content (AvgIpc) is 2.86.